The number of rotatable bonds is 6. The molecule has 0 fully saturated rings. The number of nitrogens with one attached hydrogen (secondary N) is 1. The van der Waals surface area contributed by atoms with Crippen LogP contribution in [-0.2, 0) is 6.54 Å². The van der Waals surface area contributed by atoms with Gasteiger partial charge in [-0.2, -0.15) is 11.8 Å². The van der Waals surface area contributed by atoms with Crippen molar-refractivity contribution in [3.63, 3.8) is 0 Å². The van der Waals surface area contributed by atoms with Crippen LogP contribution in [0.15, 0.2) is 15.9 Å². The average Bonchev–Trinajstić information content (AvgIpc) is 2.52. The minimum absolute atomic E-state index is 0.758. The summed E-state index contributed by atoms with van der Waals surface area (Å²) in [6, 6.07) is 4.27. The average molecular weight is 294 g/mol. The van der Waals surface area contributed by atoms with E-state index in [9.17, 15) is 0 Å². The second-order valence-electron chi connectivity index (χ2n) is 3.40. The summed E-state index contributed by atoms with van der Waals surface area (Å²) in [5.41, 5.74) is 0. The Kier molecular flexibility index (Phi) is 6.17. The van der Waals surface area contributed by atoms with Gasteiger partial charge in [0.05, 0.1) is 3.79 Å². The molecule has 1 atom stereocenters. The minimum Gasteiger partial charge on any atom is -0.312 e. The number of thiophene rings is 1. The molecule has 0 aromatic carbocycles. The third-order valence-corrected chi connectivity index (χ3v) is 4.40. The van der Waals surface area contributed by atoms with Crippen molar-refractivity contribution >= 4 is 39.0 Å². The molecular formula is C10H16BrNS2. The van der Waals surface area contributed by atoms with Crippen molar-refractivity contribution in [2.24, 2.45) is 5.92 Å². The molecule has 80 valence electrons. The van der Waals surface area contributed by atoms with E-state index >= 15 is 0 Å². The number of hydrogen-bond donors (Lipinski definition) is 1. The Morgan fingerprint density at radius 2 is 2.36 bits per heavy atom. The highest BCUT2D eigenvalue weighted by Gasteiger charge is 2.01. The minimum atomic E-state index is 0.758. The zero-order valence-electron chi connectivity index (χ0n) is 8.55. The van der Waals surface area contributed by atoms with E-state index in [1.54, 1.807) is 11.3 Å². The maximum atomic E-state index is 3.48. The summed E-state index contributed by atoms with van der Waals surface area (Å²) in [5, 5.41) is 3.48. The van der Waals surface area contributed by atoms with Gasteiger partial charge in [0.1, 0.15) is 0 Å². The lowest BCUT2D eigenvalue weighted by molar-refractivity contribution is 0.562. The molecule has 1 unspecified atom stereocenters. The van der Waals surface area contributed by atoms with Crippen molar-refractivity contribution in [2.75, 3.05) is 18.6 Å². The van der Waals surface area contributed by atoms with Crippen LogP contribution in [0.3, 0.4) is 0 Å². The van der Waals surface area contributed by atoms with Gasteiger partial charge >= 0.3 is 0 Å². The van der Waals surface area contributed by atoms with E-state index in [0.29, 0.717) is 0 Å². The molecular weight excluding hydrogens is 278 g/mol. The van der Waals surface area contributed by atoms with E-state index in [-0.39, 0.29) is 0 Å². The highest BCUT2D eigenvalue weighted by Crippen LogP contribution is 2.21. The molecule has 1 N–H and O–H groups in total. The summed E-state index contributed by atoms with van der Waals surface area (Å²) in [4.78, 5) is 1.40. The van der Waals surface area contributed by atoms with Crippen molar-refractivity contribution in [3.8, 4) is 0 Å². The highest BCUT2D eigenvalue weighted by atomic mass is 79.9. The van der Waals surface area contributed by atoms with Crippen molar-refractivity contribution in [1.82, 2.24) is 5.32 Å². The second-order valence-corrected chi connectivity index (χ2v) is 6.86. The summed E-state index contributed by atoms with van der Waals surface area (Å²) in [6.45, 7) is 4.39. The molecule has 0 bridgehead atoms. The van der Waals surface area contributed by atoms with Gasteiger partial charge in [0.2, 0.25) is 0 Å². The smallest absolute Gasteiger partial charge is 0.0701 e. The molecule has 0 aliphatic rings. The van der Waals surface area contributed by atoms with Crippen molar-refractivity contribution in [3.05, 3.63) is 20.8 Å². The Morgan fingerprint density at radius 3 is 2.93 bits per heavy atom. The molecule has 1 rings (SSSR count). The van der Waals surface area contributed by atoms with Gasteiger partial charge < -0.3 is 5.32 Å². The van der Waals surface area contributed by atoms with Gasteiger partial charge in [-0.05, 0) is 52.5 Å². The number of halogens is 1. The Bertz CT molecular complexity index is 262. The fourth-order valence-electron chi connectivity index (χ4n) is 1.23. The Hall–Kier alpha value is 0.490. The molecule has 0 aliphatic heterocycles. The van der Waals surface area contributed by atoms with Gasteiger partial charge in [0.15, 0.2) is 0 Å². The van der Waals surface area contributed by atoms with Gasteiger partial charge in [-0.15, -0.1) is 11.3 Å². The topological polar surface area (TPSA) is 12.0 Å². The molecule has 0 saturated heterocycles. The number of thioether (sulfide) groups is 1. The fourth-order valence-corrected chi connectivity index (χ4v) is 3.37. The Labute approximate surface area is 103 Å². The zero-order chi connectivity index (χ0) is 10.4. The maximum absolute atomic E-state index is 3.48. The molecule has 0 spiro atoms. The zero-order valence-corrected chi connectivity index (χ0v) is 11.8. The lowest BCUT2D eigenvalue weighted by Gasteiger charge is -2.09. The van der Waals surface area contributed by atoms with E-state index in [1.807, 2.05) is 11.8 Å². The predicted molar refractivity (Wildman–Crippen MR) is 71.3 cm³/mol. The van der Waals surface area contributed by atoms with Gasteiger partial charge in [0, 0.05) is 11.4 Å². The second kappa shape index (κ2) is 6.88. The largest absolute Gasteiger partial charge is 0.312 e. The normalized spacial score (nSPS) is 13.1. The summed E-state index contributed by atoms with van der Waals surface area (Å²) in [6.07, 6.45) is 2.16. The van der Waals surface area contributed by atoms with Crippen LogP contribution in [0.2, 0.25) is 0 Å². The molecule has 14 heavy (non-hydrogen) atoms. The monoisotopic (exact) mass is 293 g/mol. The van der Waals surface area contributed by atoms with E-state index < -0.39 is 0 Å². The summed E-state index contributed by atoms with van der Waals surface area (Å²) < 4.78 is 1.21. The first-order valence-corrected chi connectivity index (χ1v) is 7.66. The third kappa shape index (κ3) is 4.82. The lowest BCUT2D eigenvalue weighted by atomic mass is 10.2. The first-order chi connectivity index (χ1) is 6.72. The standard InChI is InChI=1S/C10H16BrNS2/c1-8(7-13-2)5-12-6-9-3-4-10(11)14-9/h3-4,8,12H,5-7H2,1-2H3. The van der Waals surface area contributed by atoms with Gasteiger partial charge in [-0.1, -0.05) is 6.92 Å². The lowest BCUT2D eigenvalue weighted by Crippen LogP contribution is -2.21. The fraction of sp³-hybridized carbons (Fsp3) is 0.600. The Balaban J connectivity index is 2.15. The highest BCUT2D eigenvalue weighted by molar-refractivity contribution is 9.11. The van der Waals surface area contributed by atoms with Crippen LogP contribution < -0.4 is 5.32 Å². The van der Waals surface area contributed by atoms with E-state index in [1.165, 1.54) is 14.4 Å². The predicted octanol–water partition coefficient (Wildman–Crippen LogP) is 3.60. The Morgan fingerprint density at radius 1 is 1.57 bits per heavy atom. The van der Waals surface area contributed by atoms with Gasteiger partial charge in [-0.3, -0.25) is 0 Å². The van der Waals surface area contributed by atoms with Crippen molar-refractivity contribution in [1.29, 1.82) is 0 Å². The van der Waals surface area contributed by atoms with Crippen molar-refractivity contribution < 1.29 is 0 Å². The third-order valence-electron chi connectivity index (χ3n) is 1.87. The van der Waals surface area contributed by atoms with E-state index in [4.69, 9.17) is 0 Å². The maximum Gasteiger partial charge on any atom is 0.0701 e. The van der Waals surface area contributed by atoms with Crippen LogP contribution in [0.25, 0.3) is 0 Å². The molecule has 1 aromatic heterocycles. The summed E-state index contributed by atoms with van der Waals surface area (Å²) >= 11 is 7.18. The molecule has 1 heterocycles. The van der Waals surface area contributed by atoms with Crippen LogP contribution in [0.1, 0.15) is 11.8 Å². The van der Waals surface area contributed by atoms with Crippen LogP contribution in [0.5, 0.6) is 0 Å². The quantitative estimate of drug-likeness (QED) is 0.860. The summed E-state index contributed by atoms with van der Waals surface area (Å²) in [7, 11) is 0. The van der Waals surface area contributed by atoms with Crippen molar-refractivity contribution in [2.45, 2.75) is 13.5 Å². The molecule has 0 radical (unpaired) electrons. The molecule has 0 amide bonds. The first kappa shape index (κ1) is 12.6. The van der Waals surface area contributed by atoms with Crippen LogP contribution in [0.4, 0.5) is 0 Å². The number of hydrogen-bond acceptors (Lipinski definition) is 3. The molecule has 1 aromatic rings. The summed E-state index contributed by atoms with van der Waals surface area (Å²) in [5.74, 6) is 2.00. The SMILES string of the molecule is CSCC(C)CNCc1ccc(Br)s1. The van der Waals surface area contributed by atoms with E-state index in [0.717, 1.165) is 19.0 Å². The molecule has 4 heteroatoms. The van der Waals surface area contributed by atoms with Gasteiger partial charge in [0.25, 0.3) is 0 Å². The molecule has 0 aliphatic carbocycles. The van der Waals surface area contributed by atoms with Crippen LogP contribution >= 0.6 is 39.0 Å². The van der Waals surface area contributed by atoms with Crippen LogP contribution in [0, 0.1) is 5.92 Å². The molecule has 1 nitrogen and oxygen atoms in total. The molecule has 0 saturated carbocycles. The van der Waals surface area contributed by atoms with Gasteiger partial charge in [-0.25, -0.2) is 0 Å². The first-order valence-electron chi connectivity index (χ1n) is 4.66. The van der Waals surface area contributed by atoms with E-state index in [2.05, 4.69) is 46.6 Å². The van der Waals surface area contributed by atoms with Crippen LogP contribution in [-0.4, -0.2) is 18.6 Å².